The van der Waals surface area contributed by atoms with Gasteiger partial charge in [0.15, 0.2) is 0 Å². The number of aryl methyl sites for hydroxylation is 1. The number of carboxylic acid groups (broad SMARTS) is 1. The summed E-state index contributed by atoms with van der Waals surface area (Å²) < 4.78 is 14.8. The maximum atomic E-state index is 13.1. The predicted octanol–water partition coefficient (Wildman–Crippen LogP) is 3.01. The Kier molecular flexibility index (Phi) is 3.79. The molecule has 0 amide bonds. The van der Waals surface area contributed by atoms with Gasteiger partial charge in [0.05, 0.1) is 5.69 Å². The number of hydrogen-bond donors (Lipinski definition) is 1. The molecule has 22 heavy (non-hydrogen) atoms. The van der Waals surface area contributed by atoms with E-state index in [9.17, 15) is 14.0 Å². The lowest BCUT2D eigenvalue weighted by molar-refractivity contribution is -0.136. The number of pyridine rings is 1. The molecule has 0 bridgehead atoms. The van der Waals surface area contributed by atoms with Gasteiger partial charge >= 0.3 is 5.97 Å². The van der Waals surface area contributed by atoms with Gasteiger partial charge in [0, 0.05) is 18.0 Å². The molecule has 1 heterocycles. The Balaban J connectivity index is 2.04. The molecule has 1 aromatic carbocycles. The summed E-state index contributed by atoms with van der Waals surface area (Å²) >= 11 is 0. The largest absolute Gasteiger partial charge is 0.481 e. The number of hydrogen-bond acceptors (Lipinski definition) is 2. The van der Waals surface area contributed by atoms with Crippen LogP contribution in [0.2, 0.25) is 0 Å². The van der Waals surface area contributed by atoms with Crippen molar-refractivity contribution in [1.82, 2.24) is 4.57 Å². The van der Waals surface area contributed by atoms with Crippen LogP contribution in [-0.4, -0.2) is 15.6 Å². The van der Waals surface area contributed by atoms with Gasteiger partial charge in [-0.1, -0.05) is 6.07 Å². The minimum absolute atomic E-state index is 0.0597. The van der Waals surface area contributed by atoms with Crippen LogP contribution < -0.4 is 5.56 Å². The summed E-state index contributed by atoms with van der Waals surface area (Å²) in [5, 5.41) is 8.77. The minimum atomic E-state index is -0.917. The van der Waals surface area contributed by atoms with Gasteiger partial charge in [0.25, 0.3) is 5.56 Å². The van der Waals surface area contributed by atoms with Crippen LogP contribution in [0, 0.1) is 5.82 Å². The van der Waals surface area contributed by atoms with E-state index in [1.54, 1.807) is 22.8 Å². The Morgan fingerprint density at radius 1 is 1.18 bits per heavy atom. The van der Waals surface area contributed by atoms with Crippen LogP contribution in [-0.2, 0) is 11.2 Å². The number of nitrogens with zero attached hydrogens (tertiary/aromatic N) is 1. The predicted molar refractivity (Wildman–Crippen MR) is 80.3 cm³/mol. The van der Waals surface area contributed by atoms with Crippen molar-refractivity contribution < 1.29 is 14.3 Å². The van der Waals surface area contributed by atoms with Crippen molar-refractivity contribution in [2.75, 3.05) is 0 Å². The van der Waals surface area contributed by atoms with E-state index < -0.39 is 5.97 Å². The SMILES string of the molecule is O=C(O)CCc1ccc(-c2ccc(F)cc2)n(C2CC2)c1=O. The Morgan fingerprint density at radius 3 is 2.45 bits per heavy atom. The molecule has 114 valence electrons. The van der Waals surface area contributed by atoms with Crippen LogP contribution in [0.4, 0.5) is 4.39 Å². The molecule has 0 radical (unpaired) electrons. The quantitative estimate of drug-likeness (QED) is 0.923. The molecule has 1 N–H and O–H groups in total. The summed E-state index contributed by atoms with van der Waals surface area (Å²) in [6, 6.07) is 9.72. The van der Waals surface area contributed by atoms with Crippen LogP contribution in [0.3, 0.4) is 0 Å². The molecule has 1 aromatic heterocycles. The van der Waals surface area contributed by atoms with Gasteiger partial charge in [0.2, 0.25) is 0 Å². The monoisotopic (exact) mass is 301 g/mol. The molecule has 1 aliphatic carbocycles. The molecule has 0 spiro atoms. The molecule has 5 heteroatoms. The lowest BCUT2D eigenvalue weighted by Gasteiger charge is -2.14. The van der Waals surface area contributed by atoms with Crippen LogP contribution >= 0.6 is 0 Å². The summed E-state index contributed by atoms with van der Waals surface area (Å²) in [5.74, 6) is -1.23. The molecule has 0 atom stereocenters. The second-order valence-electron chi connectivity index (χ2n) is 5.55. The molecule has 1 saturated carbocycles. The van der Waals surface area contributed by atoms with Crippen molar-refractivity contribution in [1.29, 1.82) is 0 Å². The van der Waals surface area contributed by atoms with E-state index in [2.05, 4.69) is 0 Å². The van der Waals surface area contributed by atoms with E-state index >= 15 is 0 Å². The first kappa shape index (κ1) is 14.5. The average Bonchev–Trinajstić information content (AvgIpc) is 3.31. The fourth-order valence-electron chi connectivity index (χ4n) is 2.58. The average molecular weight is 301 g/mol. The number of rotatable bonds is 5. The Hall–Kier alpha value is -2.43. The van der Waals surface area contributed by atoms with E-state index in [4.69, 9.17) is 5.11 Å². The van der Waals surface area contributed by atoms with Gasteiger partial charge in [-0.05, 0) is 55.2 Å². The highest BCUT2D eigenvalue weighted by Gasteiger charge is 2.28. The fourth-order valence-corrected chi connectivity index (χ4v) is 2.58. The summed E-state index contributed by atoms with van der Waals surface area (Å²) in [6.07, 6.45) is 2.05. The summed E-state index contributed by atoms with van der Waals surface area (Å²) in [5.41, 5.74) is 1.92. The van der Waals surface area contributed by atoms with Gasteiger partial charge in [-0.3, -0.25) is 9.59 Å². The number of benzene rings is 1. The van der Waals surface area contributed by atoms with Crippen molar-refractivity contribution in [2.45, 2.75) is 31.7 Å². The normalized spacial score (nSPS) is 14.0. The number of aromatic nitrogens is 1. The lowest BCUT2D eigenvalue weighted by atomic mass is 10.1. The van der Waals surface area contributed by atoms with E-state index in [0.29, 0.717) is 5.56 Å². The van der Waals surface area contributed by atoms with Crippen molar-refractivity contribution in [3.8, 4) is 11.3 Å². The second-order valence-corrected chi connectivity index (χ2v) is 5.55. The zero-order valence-corrected chi connectivity index (χ0v) is 12.0. The van der Waals surface area contributed by atoms with Gasteiger partial charge < -0.3 is 9.67 Å². The number of carboxylic acids is 1. The molecule has 1 fully saturated rings. The standard InChI is InChI=1S/C17H16FNO3/c18-13-5-1-11(2-6-13)15-9-3-12(4-10-16(20)21)17(22)19(15)14-7-8-14/h1-3,5-6,9,14H,4,7-8,10H2,(H,20,21). The summed E-state index contributed by atoms with van der Waals surface area (Å²) in [7, 11) is 0. The number of aliphatic carboxylic acids is 1. The zero-order chi connectivity index (χ0) is 15.7. The van der Waals surface area contributed by atoms with Crippen LogP contribution in [0.25, 0.3) is 11.3 Å². The van der Waals surface area contributed by atoms with E-state index in [1.165, 1.54) is 12.1 Å². The third-order valence-corrected chi connectivity index (χ3v) is 3.86. The third kappa shape index (κ3) is 2.93. The van der Waals surface area contributed by atoms with Gasteiger partial charge in [0.1, 0.15) is 5.82 Å². The van der Waals surface area contributed by atoms with Gasteiger partial charge in [-0.25, -0.2) is 4.39 Å². The van der Waals surface area contributed by atoms with E-state index in [-0.39, 0.29) is 30.3 Å². The number of carbonyl (C=O) groups is 1. The fraction of sp³-hybridized carbons (Fsp3) is 0.294. The van der Waals surface area contributed by atoms with Crippen molar-refractivity contribution in [2.24, 2.45) is 0 Å². The second kappa shape index (κ2) is 5.75. The molecular weight excluding hydrogens is 285 g/mol. The first-order valence-electron chi connectivity index (χ1n) is 7.28. The summed E-state index contributed by atoms with van der Waals surface area (Å²) in [6.45, 7) is 0. The molecular formula is C17H16FNO3. The first-order chi connectivity index (χ1) is 10.6. The molecule has 0 saturated heterocycles. The molecule has 4 nitrogen and oxygen atoms in total. The lowest BCUT2D eigenvalue weighted by Crippen LogP contribution is -2.24. The topological polar surface area (TPSA) is 59.3 Å². The first-order valence-corrected chi connectivity index (χ1v) is 7.28. The van der Waals surface area contributed by atoms with Gasteiger partial charge in [-0.2, -0.15) is 0 Å². The molecule has 0 aliphatic heterocycles. The van der Waals surface area contributed by atoms with Crippen molar-refractivity contribution >= 4 is 5.97 Å². The van der Waals surface area contributed by atoms with Crippen LogP contribution in [0.1, 0.15) is 30.9 Å². The smallest absolute Gasteiger partial charge is 0.303 e. The Bertz CT molecular complexity index is 760. The molecule has 3 rings (SSSR count). The maximum Gasteiger partial charge on any atom is 0.303 e. The van der Waals surface area contributed by atoms with Crippen molar-refractivity contribution in [3.05, 3.63) is 58.1 Å². The zero-order valence-electron chi connectivity index (χ0n) is 12.0. The molecule has 0 unspecified atom stereocenters. The Morgan fingerprint density at radius 2 is 1.86 bits per heavy atom. The highest BCUT2D eigenvalue weighted by atomic mass is 19.1. The Labute approximate surface area is 126 Å². The van der Waals surface area contributed by atoms with Crippen LogP contribution in [0.15, 0.2) is 41.2 Å². The highest BCUT2D eigenvalue weighted by molar-refractivity contribution is 5.67. The third-order valence-electron chi connectivity index (χ3n) is 3.86. The van der Waals surface area contributed by atoms with E-state index in [1.807, 2.05) is 6.07 Å². The summed E-state index contributed by atoms with van der Waals surface area (Å²) in [4.78, 5) is 23.3. The molecule has 1 aliphatic rings. The minimum Gasteiger partial charge on any atom is -0.481 e. The molecule has 2 aromatic rings. The maximum absolute atomic E-state index is 13.1. The van der Waals surface area contributed by atoms with E-state index in [0.717, 1.165) is 24.1 Å². The highest BCUT2D eigenvalue weighted by Crippen LogP contribution is 2.37. The van der Waals surface area contributed by atoms with Gasteiger partial charge in [-0.15, -0.1) is 0 Å². The van der Waals surface area contributed by atoms with Crippen molar-refractivity contribution in [3.63, 3.8) is 0 Å². The van der Waals surface area contributed by atoms with Crippen LogP contribution in [0.5, 0.6) is 0 Å². The number of halogens is 1.